The fraction of sp³-hybridized carbons (Fsp3) is 0.947. The molecule has 0 N–H and O–H groups in total. The fourth-order valence-electron chi connectivity index (χ4n) is 5.68. The van der Waals surface area contributed by atoms with Crippen LogP contribution in [0.15, 0.2) is 0 Å². The third kappa shape index (κ3) is 3.12. The Morgan fingerprint density at radius 2 is 2.00 bits per heavy atom. The third-order valence-electron chi connectivity index (χ3n) is 6.80. The van der Waals surface area contributed by atoms with Crippen LogP contribution >= 0.6 is 0 Å². The second-order valence-electron chi connectivity index (χ2n) is 8.04. The van der Waals surface area contributed by atoms with E-state index in [1.54, 1.807) is 0 Å². The molecule has 4 unspecified atom stereocenters. The number of carbonyl (C=O) groups is 1. The highest BCUT2D eigenvalue weighted by Crippen LogP contribution is 2.58. The number of fused-ring (bicyclic) bond motifs is 1. The van der Waals surface area contributed by atoms with Crippen molar-refractivity contribution in [2.24, 2.45) is 23.2 Å². The lowest BCUT2D eigenvalue weighted by atomic mass is 9.60. The molecule has 1 saturated heterocycles. The molecule has 3 fully saturated rings. The SMILES string of the molecule is CCCC1CCCC2(C)C(C(=O)CN3CCOCC3)CCC12. The number of hydrogen-bond acceptors (Lipinski definition) is 3. The van der Waals surface area contributed by atoms with Gasteiger partial charge in [-0.2, -0.15) is 0 Å². The van der Waals surface area contributed by atoms with Crippen LogP contribution in [0.2, 0.25) is 0 Å². The summed E-state index contributed by atoms with van der Waals surface area (Å²) in [6.07, 6.45) is 9.11. The quantitative estimate of drug-likeness (QED) is 0.778. The number of nitrogens with zero attached hydrogens (tertiary/aromatic N) is 1. The van der Waals surface area contributed by atoms with Crippen LogP contribution in [0, 0.1) is 23.2 Å². The number of ketones is 1. The molecular formula is C19H33NO2. The first-order valence-corrected chi connectivity index (χ1v) is 9.48. The van der Waals surface area contributed by atoms with Gasteiger partial charge in [-0.05, 0) is 36.5 Å². The Balaban J connectivity index is 1.65. The molecule has 22 heavy (non-hydrogen) atoms. The van der Waals surface area contributed by atoms with Crippen LogP contribution < -0.4 is 0 Å². The van der Waals surface area contributed by atoms with Gasteiger partial charge in [-0.15, -0.1) is 0 Å². The minimum absolute atomic E-state index is 0.293. The standard InChI is InChI=1S/C19H33NO2/c1-3-5-15-6-4-9-19(2)16(15)7-8-17(19)18(21)14-20-10-12-22-13-11-20/h15-17H,3-14H2,1-2H3. The van der Waals surface area contributed by atoms with E-state index in [1.807, 2.05) is 0 Å². The molecule has 2 saturated carbocycles. The molecule has 0 bridgehead atoms. The molecular weight excluding hydrogens is 274 g/mol. The summed E-state index contributed by atoms with van der Waals surface area (Å²) in [7, 11) is 0. The van der Waals surface area contributed by atoms with Crippen LogP contribution in [0.1, 0.15) is 58.8 Å². The van der Waals surface area contributed by atoms with Gasteiger partial charge in [0, 0.05) is 19.0 Å². The van der Waals surface area contributed by atoms with Gasteiger partial charge in [0.2, 0.25) is 0 Å². The summed E-state index contributed by atoms with van der Waals surface area (Å²) in [6, 6.07) is 0. The summed E-state index contributed by atoms with van der Waals surface area (Å²) in [5.41, 5.74) is 0.293. The van der Waals surface area contributed by atoms with Crippen molar-refractivity contribution in [3.63, 3.8) is 0 Å². The smallest absolute Gasteiger partial charge is 0.150 e. The maximum Gasteiger partial charge on any atom is 0.150 e. The minimum atomic E-state index is 0.293. The van der Waals surface area contributed by atoms with Crippen molar-refractivity contribution in [1.29, 1.82) is 0 Å². The Hall–Kier alpha value is -0.410. The van der Waals surface area contributed by atoms with Gasteiger partial charge in [-0.25, -0.2) is 0 Å². The number of morpholine rings is 1. The average molecular weight is 307 g/mol. The van der Waals surface area contributed by atoms with E-state index in [4.69, 9.17) is 4.74 Å². The van der Waals surface area contributed by atoms with Crippen molar-refractivity contribution in [2.45, 2.75) is 58.8 Å². The lowest BCUT2D eigenvalue weighted by molar-refractivity contribution is -0.129. The second kappa shape index (κ2) is 7.00. The Kier molecular flexibility index (Phi) is 5.24. The summed E-state index contributed by atoms with van der Waals surface area (Å²) in [6.45, 7) is 8.84. The van der Waals surface area contributed by atoms with Crippen molar-refractivity contribution in [1.82, 2.24) is 4.90 Å². The molecule has 0 aromatic carbocycles. The highest BCUT2D eigenvalue weighted by Gasteiger charge is 2.52. The monoisotopic (exact) mass is 307 g/mol. The van der Waals surface area contributed by atoms with Crippen LogP contribution in [-0.2, 0) is 9.53 Å². The molecule has 0 radical (unpaired) electrons. The van der Waals surface area contributed by atoms with E-state index < -0.39 is 0 Å². The minimum Gasteiger partial charge on any atom is -0.379 e. The van der Waals surface area contributed by atoms with Crippen LogP contribution in [-0.4, -0.2) is 43.5 Å². The van der Waals surface area contributed by atoms with Crippen molar-refractivity contribution in [2.75, 3.05) is 32.8 Å². The van der Waals surface area contributed by atoms with Gasteiger partial charge in [0.25, 0.3) is 0 Å². The average Bonchev–Trinajstić information content (AvgIpc) is 2.87. The maximum absolute atomic E-state index is 13.0. The number of ether oxygens (including phenoxy) is 1. The zero-order valence-electron chi connectivity index (χ0n) is 14.5. The lowest BCUT2D eigenvalue weighted by Gasteiger charge is -2.45. The summed E-state index contributed by atoms with van der Waals surface area (Å²) in [4.78, 5) is 15.3. The molecule has 0 spiro atoms. The van der Waals surface area contributed by atoms with E-state index in [9.17, 15) is 4.79 Å². The molecule has 1 heterocycles. The van der Waals surface area contributed by atoms with Crippen molar-refractivity contribution >= 4 is 5.78 Å². The first-order chi connectivity index (χ1) is 10.6. The molecule has 4 atom stereocenters. The normalized spacial score (nSPS) is 39.6. The molecule has 3 nitrogen and oxygen atoms in total. The molecule has 1 aliphatic heterocycles. The third-order valence-corrected chi connectivity index (χ3v) is 6.80. The number of carbonyl (C=O) groups excluding carboxylic acids is 1. The van der Waals surface area contributed by atoms with Gasteiger partial charge in [0.1, 0.15) is 5.78 Å². The number of rotatable bonds is 5. The Labute approximate surface area is 135 Å². The van der Waals surface area contributed by atoms with Gasteiger partial charge in [-0.1, -0.05) is 39.5 Å². The summed E-state index contributed by atoms with van der Waals surface area (Å²) >= 11 is 0. The molecule has 0 aromatic heterocycles. The van der Waals surface area contributed by atoms with Crippen molar-refractivity contribution < 1.29 is 9.53 Å². The summed E-state index contributed by atoms with van der Waals surface area (Å²) in [5, 5.41) is 0. The fourth-order valence-corrected chi connectivity index (χ4v) is 5.68. The van der Waals surface area contributed by atoms with Gasteiger partial charge in [-0.3, -0.25) is 9.69 Å². The predicted molar refractivity (Wildman–Crippen MR) is 88.8 cm³/mol. The molecule has 0 aromatic rings. The van der Waals surface area contributed by atoms with Crippen LogP contribution in [0.3, 0.4) is 0 Å². The Morgan fingerprint density at radius 3 is 2.73 bits per heavy atom. The van der Waals surface area contributed by atoms with E-state index in [2.05, 4.69) is 18.7 Å². The summed E-state index contributed by atoms with van der Waals surface area (Å²) < 4.78 is 5.40. The van der Waals surface area contributed by atoms with Crippen LogP contribution in [0.4, 0.5) is 0 Å². The van der Waals surface area contributed by atoms with Gasteiger partial charge in [0.15, 0.2) is 0 Å². The van der Waals surface area contributed by atoms with E-state index in [-0.39, 0.29) is 0 Å². The highest BCUT2D eigenvalue weighted by atomic mass is 16.5. The zero-order chi connectivity index (χ0) is 15.6. The molecule has 2 aliphatic carbocycles. The Bertz CT molecular complexity index is 389. The van der Waals surface area contributed by atoms with E-state index in [1.165, 1.54) is 38.5 Å². The number of hydrogen-bond donors (Lipinski definition) is 0. The lowest BCUT2D eigenvalue weighted by Crippen LogP contribution is -2.45. The highest BCUT2D eigenvalue weighted by molar-refractivity contribution is 5.84. The topological polar surface area (TPSA) is 29.5 Å². The van der Waals surface area contributed by atoms with Crippen molar-refractivity contribution in [3.05, 3.63) is 0 Å². The molecule has 126 valence electrons. The van der Waals surface area contributed by atoms with Crippen LogP contribution in [0.5, 0.6) is 0 Å². The van der Waals surface area contributed by atoms with Crippen molar-refractivity contribution in [3.8, 4) is 0 Å². The molecule has 0 amide bonds. The molecule has 3 aliphatic rings. The van der Waals surface area contributed by atoms with Gasteiger partial charge in [0.05, 0.1) is 19.8 Å². The van der Waals surface area contributed by atoms with Crippen LogP contribution in [0.25, 0.3) is 0 Å². The summed E-state index contributed by atoms with van der Waals surface area (Å²) in [5.74, 6) is 2.52. The first-order valence-electron chi connectivity index (χ1n) is 9.48. The first kappa shape index (κ1) is 16.4. The van der Waals surface area contributed by atoms with Gasteiger partial charge >= 0.3 is 0 Å². The van der Waals surface area contributed by atoms with Gasteiger partial charge < -0.3 is 4.74 Å². The predicted octanol–water partition coefficient (Wildman–Crippen LogP) is 3.52. The second-order valence-corrected chi connectivity index (χ2v) is 8.04. The molecule has 3 rings (SSSR count). The van der Waals surface area contributed by atoms with E-state index in [0.717, 1.165) is 44.6 Å². The maximum atomic E-state index is 13.0. The van der Waals surface area contributed by atoms with E-state index >= 15 is 0 Å². The number of Topliss-reactive ketones (excluding diaryl/α,β-unsaturated/α-hetero) is 1. The largest absolute Gasteiger partial charge is 0.379 e. The molecule has 3 heteroatoms. The Morgan fingerprint density at radius 1 is 1.23 bits per heavy atom. The van der Waals surface area contributed by atoms with E-state index in [0.29, 0.717) is 23.7 Å². The zero-order valence-corrected chi connectivity index (χ0v) is 14.5.